The molecule has 0 N–H and O–H groups in total. The summed E-state index contributed by atoms with van der Waals surface area (Å²) in [6.45, 7) is 16.5. The molecule has 0 aromatic heterocycles. The summed E-state index contributed by atoms with van der Waals surface area (Å²) in [5.41, 5.74) is 0.909. The first-order valence-corrected chi connectivity index (χ1v) is 12.2. The van der Waals surface area contributed by atoms with Gasteiger partial charge in [-0.05, 0) is 23.7 Å². The Morgan fingerprint density at radius 3 is 2.36 bits per heavy atom. The van der Waals surface area contributed by atoms with Crippen molar-refractivity contribution >= 4 is 14.1 Å². The number of carbonyl (C=O) groups excluding carboxylic acids is 1. The Balaban J connectivity index is 2.09. The molecule has 0 bridgehead atoms. The van der Waals surface area contributed by atoms with Crippen LogP contribution < -0.4 is 0 Å². The molecule has 0 saturated heterocycles. The van der Waals surface area contributed by atoms with E-state index in [2.05, 4.69) is 52.9 Å². The number of ketones is 1. The molecule has 140 valence electrons. The second kappa shape index (κ2) is 7.34. The zero-order valence-corrected chi connectivity index (χ0v) is 17.9. The van der Waals surface area contributed by atoms with Crippen molar-refractivity contribution in [1.29, 1.82) is 0 Å². The third kappa shape index (κ3) is 4.60. The minimum atomic E-state index is -1.94. The number of carbonyl (C=O) groups is 1. The summed E-state index contributed by atoms with van der Waals surface area (Å²) in [7, 11) is -1.94. The summed E-state index contributed by atoms with van der Waals surface area (Å²) in [6.07, 6.45) is 0.485. The average molecular weight is 363 g/mol. The lowest BCUT2D eigenvalue weighted by Crippen LogP contribution is -2.49. The van der Waals surface area contributed by atoms with Gasteiger partial charge in [-0.2, -0.15) is 0 Å². The summed E-state index contributed by atoms with van der Waals surface area (Å²) < 4.78 is 12.7. The van der Waals surface area contributed by atoms with Crippen molar-refractivity contribution in [2.75, 3.05) is 6.61 Å². The van der Waals surface area contributed by atoms with Crippen molar-refractivity contribution in [1.82, 2.24) is 0 Å². The maximum Gasteiger partial charge on any atom is 0.192 e. The maximum absolute atomic E-state index is 12.4. The van der Waals surface area contributed by atoms with E-state index in [0.717, 1.165) is 5.56 Å². The number of ether oxygens (including phenoxy) is 1. The Kier molecular flexibility index (Phi) is 5.97. The van der Waals surface area contributed by atoms with Gasteiger partial charge in [-0.1, -0.05) is 65.0 Å². The van der Waals surface area contributed by atoms with E-state index in [9.17, 15) is 4.79 Å². The van der Waals surface area contributed by atoms with Gasteiger partial charge in [0.15, 0.2) is 8.32 Å². The van der Waals surface area contributed by atoms with Gasteiger partial charge in [-0.25, -0.2) is 0 Å². The fourth-order valence-corrected chi connectivity index (χ4v) is 4.76. The van der Waals surface area contributed by atoms with E-state index in [1.807, 2.05) is 25.1 Å². The molecule has 0 aliphatic heterocycles. The van der Waals surface area contributed by atoms with Crippen LogP contribution >= 0.6 is 0 Å². The molecular weight excluding hydrogens is 328 g/mol. The summed E-state index contributed by atoms with van der Waals surface area (Å²) in [6, 6.07) is 10.2. The second-order valence-electron chi connectivity index (χ2n) is 9.36. The van der Waals surface area contributed by atoms with E-state index in [4.69, 9.17) is 9.16 Å². The molecule has 1 aliphatic rings. The smallest absolute Gasteiger partial charge is 0.192 e. The van der Waals surface area contributed by atoms with Gasteiger partial charge in [0, 0.05) is 17.8 Å². The Labute approximate surface area is 154 Å². The molecule has 1 saturated carbocycles. The van der Waals surface area contributed by atoms with Gasteiger partial charge in [0.25, 0.3) is 0 Å². The van der Waals surface area contributed by atoms with Crippen molar-refractivity contribution in [3.63, 3.8) is 0 Å². The number of hydrogen-bond donors (Lipinski definition) is 0. The second-order valence-corrected chi connectivity index (χ2v) is 14.1. The fraction of sp³-hybridized carbons (Fsp3) is 0.667. The summed E-state index contributed by atoms with van der Waals surface area (Å²) >= 11 is 0. The van der Waals surface area contributed by atoms with Gasteiger partial charge in [0.05, 0.1) is 19.3 Å². The molecule has 4 heteroatoms. The van der Waals surface area contributed by atoms with Crippen LogP contribution in [0, 0.1) is 11.3 Å². The molecule has 3 nitrogen and oxygen atoms in total. The van der Waals surface area contributed by atoms with Gasteiger partial charge >= 0.3 is 0 Å². The predicted molar refractivity (Wildman–Crippen MR) is 105 cm³/mol. The monoisotopic (exact) mass is 362 g/mol. The van der Waals surface area contributed by atoms with Crippen LogP contribution in [0.4, 0.5) is 0 Å². The summed E-state index contributed by atoms with van der Waals surface area (Å²) in [5.74, 6) is 0.244. The highest BCUT2D eigenvalue weighted by atomic mass is 28.4. The lowest BCUT2D eigenvalue weighted by molar-refractivity contribution is -0.121. The normalized spacial score (nSPS) is 27.7. The average Bonchev–Trinajstić information content (AvgIpc) is 2.71. The van der Waals surface area contributed by atoms with E-state index in [1.54, 1.807) is 0 Å². The van der Waals surface area contributed by atoms with E-state index in [0.29, 0.717) is 25.4 Å². The molecule has 0 unspecified atom stereocenters. The molecule has 0 radical (unpaired) electrons. The minimum Gasteiger partial charge on any atom is -0.413 e. The first-order chi connectivity index (χ1) is 11.5. The molecule has 0 heterocycles. The van der Waals surface area contributed by atoms with Gasteiger partial charge in [0.2, 0.25) is 0 Å². The van der Waals surface area contributed by atoms with Crippen LogP contribution in [0.15, 0.2) is 30.3 Å². The standard InChI is InChI=1S/C21H34O3Si/c1-16-18(22)13-21(5,15-23-14-17-11-9-8-10-12-17)19(16)24-25(6,7)20(2,3)4/h8-12,16,19H,13-15H2,1-7H3/t16-,19+,21-/m0/s1. The Bertz CT molecular complexity index is 591. The van der Waals surface area contributed by atoms with Crippen molar-refractivity contribution in [2.45, 2.75) is 71.9 Å². The van der Waals surface area contributed by atoms with Crippen LogP contribution in [-0.2, 0) is 20.6 Å². The SMILES string of the molecule is C[C@H]1C(=O)C[C@@](C)(COCc2ccccc2)[C@@H]1O[Si](C)(C)C(C)(C)C. The highest BCUT2D eigenvalue weighted by Crippen LogP contribution is 2.46. The number of hydrogen-bond acceptors (Lipinski definition) is 3. The quantitative estimate of drug-likeness (QED) is 0.652. The topological polar surface area (TPSA) is 35.5 Å². The number of rotatable bonds is 6. The van der Waals surface area contributed by atoms with Crippen LogP contribution in [0.25, 0.3) is 0 Å². The number of benzene rings is 1. The minimum absolute atomic E-state index is 0.0561. The van der Waals surface area contributed by atoms with E-state index in [1.165, 1.54) is 0 Å². The van der Waals surface area contributed by atoms with Gasteiger partial charge in [-0.3, -0.25) is 4.79 Å². The highest BCUT2D eigenvalue weighted by Gasteiger charge is 2.53. The molecule has 0 amide bonds. The van der Waals surface area contributed by atoms with Crippen LogP contribution in [0.3, 0.4) is 0 Å². The Hall–Kier alpha value is -0.973. The van der Waals surface area contributed by atoms with Crippen molar-refractivity contribution in [3.05, 3.63) is 35.9 Å². The molecule has 1 aromatic rings. The number of Topliss-reactive ketones (excluding diaryl/α,β-unsaturated/α-hetero) is 1. The molecule has 1 aromatic carbocycles. The van der Waals surface area contributed by atoms with E-state index < -0.39 is 8.32 Å². The Morgan fingerprint density at radius 2 is 1.80 bits per heavy atom. The highest BCUT2D eigenvalue weighted by molar-refractivity contribution is 6.74. The summed E-state index contributed by atoms with van der Waals surface area (Å²) in [5, 5.41) is 0.129. The fourth-order valence-electron chi connectivity index (χ4n) is 3.28. The first kappa shape index (κ1) is 20.3. The first-order valence-electron chi connectivity index (χ1n) is 9.28. The van der Waals surface area contributed by atoms with Crippen molar-refractivity contribution in [2.24, 2.45) is 11.3 Å². The molecule has 2 rings (SSSR count). The molecule has 25 heavy (non-hydrogen) atoms. The maximum atomic E-state index is 12.4. The van der Waals surface area contributed by atoms with Crippen LogP contribution in [0.2, 0.25) is 18.1 Å². The van der Waals surface area contributed by atoms with E-state index in [-0.39, 0.29) is 22.5 Å². The van der Waals surface area contributed by atoms with Gasteiger partial charge in [0.1, 0.15) is 5.78 Å². The largest absolute Gasteiger partial charge is 0.413 e. The molecule has 1 aliphatic carbocycles. The van der Waals surface area contributed by atoms with Crippen LogP contribution in [0.5, 0.6) is 0 Å². The zero-order valence-electron chi connectivity index (χ0n) is 16.9. The van der Waals surface area contributed by atoms with Gasteiger partial charge in [-0.15, -0.1) is 0 Å². The van der Waals surface area contributed by atoms with Crippen molar-refractivity contribution in [3.8, 4) is 0 Å². The molecule has 3 atom stereocenters. The van der Waals surface area contributed by atoms with Gasteiger partial charge < -0.3 is 9.16 Å². The zero-order chi connectivity index (χ0) is 18.9. The molecule has 0 spiro atoms. The Morgan fingerprint density at radius 1 is 1.20 bits per heavy atom. The van der Waals surface area contributed by atoms with Crippen LogP contribution in [-0.4, -0.2) is 26.8 Å². The molecule has 1 fully saturated rings. The third-order valence-electron chi connectivity index (χ3n) is 6.00. The predicted octanol–water partition coefficient (Wildman–Crippen LogP) is 5.21. The third-order valence-corrected chi connectivity index (χ3v) is 10.5. The van der Waals surface area contributed by atoms with Crippen LogP contribution in [0.1, 0.15) is 46.6 Å². The lowest BCUT2D eigenvalue weighted by atomic mass is 9.86. The summed E-state index contributed by atoms with van der Waals surface area (Å²) in [4.78, 5) is 12.4. The molecular formula is C21H34O3Si. The lowest BCUT2D eigenvalue weighted by Gasteiger charge is -2.43. The van der Waals surface area contributed by atoms with Crippen molar-refractivity contribution < 1.29 is 14.0 Å². The van der Waals surface area contributed by atoms with E-state index >= 15 is 0 Å².